The Kier molecular flexibility index (Phi) is 5.36. The highest BCUT2D eigenvalue weighted by molar-refractivity contribution is 5.34. The quantitative estimate of drug-likeness (QED) is 0.840. The van der Waals surface area contributed by atoms with Gasteiger partial charge in [0.15, 0.2) is 0 Å². The van der Waals surface area contributed by atoms with Gasteiger partial charge in [-0.25, -0.2) is 0 Å². The molecule has 0 aliphatic heterocycles. The highest BCUT2D eigenvalue weighted by atomic mass is 14.9. The Balaban J connectivity index is 2.70. The predicted octanol–water partition coefficient (Wildman–Crippen LogP) is 2.98. The summed E-state index contributed by atoms with van der Waals surface area (Å²) in [6.45, 7) is 13.8. The van der Waals surface area contributed by atoms with Gasteiger partial charge in [-0.2, -0.15) is 0 Å². The highest BCUT2D eigenvalue weighted by Crippen LogP contribution is 2.24. The molecule has 1 rings (SSSR count). The van der Waals surface area contributed by atoms with Gasteiger partial charge in [0.25, 0.3) is 0 Å². The normalized spacial score (nSPS) is 13.7. The van der Waals surface area contributed by atoms with Gasteiger partial charge in [0, 0.05) is 6.54 Å². The summed E-state index contributed by atoms with van der Waals surface area (Å²) in [5.41, 5.74) is 9.99. The van der Waals surface area contributed by atoms with Crippen molar-refractivity contribution < 1.29 is 0 Å². The third-order valence-electron chi connectivity index (χ3n) is 3.43. The molecule has 0 amide bonds. The number of nitrogens with two attached hydrogens (primary N) is 1. The lowest BCUT2D eigenvalue weighted by molar-refractivity contribution is 0.520. The van der Waals surface area contributed by atoms with Gasteiger partial charge in [0.1, 0.15) is 0 Å². The average molecular weight is 248 g/mol. The molecular formula is C16H28N2. The number of benzene rings is 1. The van der Waals surface area contributed by atoms with E-state index in [1.165, 1.54) is 16.7 Å². The fraction of sp³-hybridized carbons (Fsp3) is 0.625. The molecule has 2 nitrogen and oxygen atoms in total. The third-order valence-corrected chi connectivity index (χ3v) is 3.43. The Hall–Kier alpha value is -0.860. The Labute approximate surface area is 112 Å². The molecule has 0 fully saturated rings. The summed E-state index contributed by atoms with van der Waals surface area (Å²) in [7, 11) is 0. The van der Waals surface area contributed by atoms with Crippen LogP contribution in [0.4, 0.5) is 0 Å². The minimum absolute atomic E-state index is 0.215. The molecule has 0 heterocycles. The minimum Gasteiger partial charge on any atom is -0.330 e. The predicted molar refractivity (Wildman–Crippen MR) is 79.8 cm³/mol. The first-order valence-electron chi connectivity index (χ1n) is 6.85. The number of rotatable bonds is 5. The van der Waals surface area contributed by atoms with E-state index in [0.717, 1.165) is 19.6 Å². The minimum atomic E-state index is 0.215. The summed E-state index contributed by atoms with van der Waals surface area (Å²) in [6.07, 6.45) is 0. The molecule has 0 bridgehead atoms. The SMILES string of the molecule is Cc1ccc(C(C)(C)C)cc1CNCC(C)CN. The van der Waals surface area contributed by atoms with E-state index in [1.807, 2.05) is 0 Å². The molecule has 0 saturated carbocycles. The van der Waals surface area contributed by atoms with Crippen molar-refractivity contribution in [1.82, 2.24) is 5.32 Å². The van der Waals surface area contributed by atoms with Crippen molar-refractivity contribution >= 4 is 0 Å². The lowest BCUT2D eigenvalue weighted by atomic mass is 9.85. The Morgan fingerprint density at radius 3 is 2.50 bits per heavy atom. The summed E-state index contributed by atoms with van der Waals surface area (Å²) in [4.78, 5) is 0. The van der Waals surface area contributed by atoms with E-state index in [9.17, 15) is 0 Å². The van der Waals surface area contributed by atoms with Gasteiger partial charge >= 0.3 is 0 Å². The van der Waals surface area contributed by atoms with Crippen LogP contribution in [0.1, 0.15) is 44.4 Å². The molecule has 2 heteroatoms. The fourth-order valence-corrected chi connectivity index (χ4v) is 1.87. The zero-order valence-corrected chi connectivity index (χ0v) is 12.5. The van der Waals surface area contributed by atoms with Crippen molar-refractivity contribution in [2.75, 3.05) is 13.1 Å². The molecular weight excluding hydrogens is 220 g/mol. The summed E-state index contributed by atoms with van der Waals surface area (Å²) >= 11 is 0. The number of nitrogens with one attached hydrogen (secondary N) is 1. The van der Waals surface area contributed by atoms with Crippen LogP contribution in [0, 0.1) is 12.8 Å². The second-order valence-corrected chi connectivity index (χ2v) is 6.36. The monoisotopic (exact) mass is 248 g/mol. The molecule has 3 N–H and O–H groups in total. The average Bonchev–Trinajstić information content (AvgIpc) is 2.29. The second-order valence-electron chi connectivity index (χ2n) is 6.36. The molecule has 0 aliphatic carbocycles. The molecule has 0 saturated heterocycles. The van der Waals surface area contributed by atoms with Crippen molar-refractivity contribution in [2.45, 2.75) is 46.6 Å². The lowest BCUT2D eigenvalue weighted by Gasteiger charge is -2.21. The van der Waals surface area contributed by atoms with Crippen molar-refractivity contribution in [2.24, 2.45) is 11.7 Å². The van der Waals surface area contributed by atoms with E-state index >= 15 is 0 Å². The van der Waals surface area contributed by atoms with Gasteiger partial charge in [-0.1, -0.05) is 45.9 Å². The first-order valence-corrected chi connectivity index (χ1v) is 6.85. The molecule has 18 heavy (non-hydrogen) atoms. The first-order chi connectivity index (χ1) is 8.34. The maximum atomic E-state index is 5.62. The van der Waals surface area contributed by atoms with Crippen LogP contribution in [0.25, 0.3) is 0 Å². The van der Waals surface area contributed by atoms with Gasteiger partial charge in [-0.3, -0.25) is 0 Å². The number of hydrogen-bond acceptors (Lipinski definition) is 2. The highest BCUT2D eigenvalue weighted by Gasteiger charge is 2.14. The molecule has 0 aromatic heterocycles. The standard InChI is InChI=1S/C16H28N2/c1-12(9-17)10-18-11-14-8-15(16(3,4)5)7-6-13(14)2/h6-8,12,18H,9-11,17H2,1-5H3. The van der Waals surface area contributed by atoms with E-state index in [0.29, 0.717) is 5.92 Å². The molecule has 1 unspecified atom stereocenters. The Morgan fingerprint density at radius 1 is 1.28 bits per heavy atom. The summed E-state index contributed by atoms with van der Waals surface area (Å²) in [6, 6.07) is 6.79. The van der Waals surface area contributed by atoms with Crippen LogP contribution in [0.15, 0.2) is 18.2 Å². The second kappa shape index (κ2) is 6.35. The van der Waals surface area contributed by atoms with Gasteiger partial charge in [-0.15, -0.1) is 0 Å². The van der Waals surface area contributed by atoms with Crippen LogP contribution in [-0.4, -0.2) is 13.1 Å². The van der Waals surface area contributed by atoms with Gasteiger partial charge in [-0.05, 0) is 48.0 Å². The molecule has 1 aromatic rings. The molecule has 0 spiro atoms. The van der Waals surface area contributed by atoms with Crippen LogP contribution < -0.4 is 11.1 Å². The fourth-order valence-electron chi connectivity index (χ4n) is 1.87. The van der Waals surface area contributed by atoms with Gasteiger partial charge in [0.2, 0.25) is 0 Å². The van der Waals surface area contributed by atoms with Crippen molar-refractivity contribution in [3.05, 3.63) is 34.9 Å². The Bertz CT molecular complexity index is 377. The smallest absolute Gasteiger partial charge is 0.0208 e. The summed E-state index contributed by atoms with van der Waals surface area (Å²) in [5.74, 6) is 0.538. The van der Waals surface area contributed by atoms with Gasteiger partial charge in [0.05, 0.1) is 0 Å². The van der Waals surface area contributed by atoms with E-state index in [-0.39, 0.29) is 5.41 Å². The third kappa shape index (κ3) is 4.43. The van der Waals surface area contributed by atoms with E-state index < -0.39 is 0 Å². The van der Waals surface area contributed by atoms with Crippen molar-refractivity contribution in [3.63, 3.8) is 0 Å². The maximum absolute atomic E-state index is 5.62. The molecule has 1 atom stereocenters. The van der Waals surface area contributed by atoms with Crippen LogP contribution in [0.2, 0.25) is 0 Å². The summed E-state index contributed by atoms with van der Waals surface area (Å²) in [5, 5.41) is 3.49. The van der Waals surface area contributed by atoms with Gasteiger partial charge < -0.3 is 11.1 Å². The zero-order valence-electron chi connectivity index (χ0n) is 12.5. The van der Waals surface area contributed by atoms with Crippen molar-refractivity contribution in [1.29, 1.82) is 0 Å². The summed E-state index contributed by atoms with van der Waals surface area (Å²) < 4.78 is 0. The van der Waals surface area contributed by atoms with Crippen LogP contribution in [0.3, 0.4) is 0 Å². The first kappa shape index (κ1) is 15.2. The molecule has 102 valence electrons. The number of hydrogen-bond donors (Lipinski definition) is 2. The van der Waals surface area contributed by atoms with E-state index in [4.69, 9.17) is 5.73 Å². The zero-order chi connectivity index (χ0) is 13.8. The van der Waals surface area contributed by atoms with Crippen LogP contribution >= 0.6 is 0 Å². The molecule has 0 aliphatic rings. The van der Waals surface area contributed by atoms with Crippen molar-refractivity contribution in [3.8, 4) is 0 Å². The van der Waals surface area contributed by atoms with Crippen LogP contribution in [-0.2, 0) is 12.0 Å². The van der Waals surface area contributed by atoms with E-state index in [1.54, 1.807) is 0 Å². The largest absolute Gasteiger partial charge is 0.330 e. The Morgan fingerprint density at radius 2 is 1.94 bits per heavy atom. The maximum Gasteiger partial charge on any atom is 0.0208 e. The molecule has 0 radical (unpaired) electrons. The topological polar surface area (TPSA) is 38.0 Å². The number of aryl methyl sites for hydroxylation is 1. The molecule has 1 aromatic carbocycles. The lowest BCUT2D eigenvalue weighted by Crippen LogP contribution is -2.26. The van der Waals surface area contributed by atoms with E-state index in [2.05, 4.69) is 58.1 Å². The van der Waals surface area contributed by atoms with Crippen LogP contribution in [0.5, 0.6) is 0 Å².